The summed E-state index contributed by atoms with van der Waals surface area (Å²) in [5.41, 5.74) is -7.78. The number of aromatic amines is 1. The van der Waals surface area contributed by atoms with Crippen LogP contribution >= 0.6 is 0 Å². The molecule has 1 atom stereocenters. The van der Waals surface area contributed by atoms with E-state index in [1.54, 1.807) is 0 Å². The number of alkyl halides is 3. The number of carboxylic acids is 1. The molecule has 3 N–H and O–H groups in total. The lowest BCUT2D eigenvalue weighted by Gasteiger charge is -2.24. The van der Waals surface area contributed by atoms with Crippen LogP contribution in [0.4, 0.5) is 13.2 Å². The fourth-order valence-electron chi connectivity index (χ4n) is 2.37. The van der Waals surface area contributed by atoms with Gasteiger partial charge >= 0.3 is 12.1 Å². The van der Waals surface area contributed by atoms with E-state index in [0.717, 1.165) is 37.4 Å². The van der Waals surface area contributed by atoms with Crippen LogP contribution in [0.2, 0.25) is 0 Å². The minimum atomic E-state index is -5.65. The van der Waals surface area contributed by atoms with E-state index in [4.69, 9.17) is 5.11 Å². The van der Waals surface area contributed by atoms with Crippen LogP contribution in [0.3, 0.4) is 0 Å². The summed E-state index contributed by atoms with van der Waals surface area (Å²) in [6.45, 7) is 0.998. The first-order chi connectivity index (χ1) is 11.7. The van der Waals surface area contributed by atoms with Crippen molar-refractivity contribution < 1.29 is 36.6 Å². The molecule has 0 saturated heterocycles. The molecule has 0 spiro atoms. The molecule has 0 aliphatic carbocycles. The maximum Gasteiger partial charge on any atom is 0.432 e. The van der Waals surface area contributed by atoms with Crippen molar-refractivity contribution in [3.8, 4) is 5.69 Å². The third-order valence-corrected chi connectivity index (χ3v) is 4.80. The average Bonchev–Trinajstić information content (AvgIpc) is 2.79. The third kappa shape index (κ3) is 3.01. The smallest absolute Gasteiger partial charge is 0.432 e. The lowest BCUT2D eigenvalue weighted by molar-refractivity contribution is -0.265. The molecule has 26 heavy (non-hydrogen) atoms. The molecular formula is C14H13F3N2O6S. The van der Waals surface area contributed by atoms with Gasteiger partial charge in [0.2, 0.25) is 0 Å². The highest BCUT2D eigenvalue weighted by Crippen LogP contribution is 2.39. The second-order valence-corrected chi connectivity index (χ2v) is 7.55. The molecule has 0 radical (unpaired) electrons. The Bertz CT molecular complexity index is 1020. The van der Waals surface area contributed by atoms with Crippen molar-refractivity contribution >= 4 is 15.8 Å². The molecule has 1 heterocycles. The van der Waals surface area contributed by atoms with E-state index < -0.39 is 44.4 Å². The van der Waals surface area contributed by atoms with Crippen LogP contribution in [0, 0.1) is 6.92 Å². The number of H-pyrrole nitrogens is 1. The Morgan fingerprint density at radius 1 is 1.19 bits per heavy atom. The maximum atomic E-state index is 13.1. The molecule has 0 saturated carbocycles. The van der Waals surface area contributed by atoms with E-state index in [9.17, 15) is 36.3 Å². The molecular weight excluding hydrogens is 381 g/mol. The Labute approximate surface area is 144 Å². The zero-order chi connectivity index (χ0) is 20.1. The van der Waals surface area contributed by atoms with Crippen molar-refractivity contribution in [3.63, 3.8) is 0 Å². The number of carbonyl (C=O) groups is 1. The third-order valence-electron chi connectivity index (χ3n) is 3.68. The fourth-order valence-corrected chi connectivity index (χ4v) is 3.00. The first-order valence-corrected chi connectivity index (χ1v) is 8.75. The number of hydrogen-bond donors (Lipinski definition) is 3. The molecule has 0 aliphatic rings. The second-order valence-electron chi connectivity index (χ2n) is 5.53. The molecule has 1 aromatic heterocycles. The normalized spacial score (nSPS) is 14.8. The molecule has 0 bridgehead atoms. The van der Waals surface area contributed by atoms with Gasteiger partial charge in [0.25, 0.3) is 11.2 Å². The molecule has 0 amide bonds. The number of halogens is 3. The van der Waals surface area contributed by atoms with Gasteiger partial charge in [-0.2, -0.15) is 13.2 Å². The fraction of sp³-hybridized carbons (Fsp3) is 0.286. The minimum Gasteiger partial charge on any atom is -0.479 e. The van der Waals surface area contributed by atoms with Gasteiger partial charge in [-0.25, -0.2) is 17.9 Å². The summed E-state index contributed by atoms with van der Waals surface area (Å²) in [6.07, 6.45) is -4.70. The molecule has 8 nitrogen and oxygen atoms in total. The van der Waals surface area contributed by atoms with E-state index in [2.05, 4.69) is 5.10 Å². The first-order valence-electron chi connectivity index (χ1n) is 6.86. The number of nitrogens with one attached hydrogen (secondary N) is 1. The molecule has 0 fully saturated rings. The van der Waals surface area contributed by atoms with Crippen LogP contribution in [-0.4, -0.2) is 46.8 Å². The summed E-state index contributed by atoms with van der Waals surface area (Å²) < 4.78 is 62.8. The number of rotatable bonds is 4. The number of aromatic nitrogens is 2. The van der Waals surface area contributed by atoms with Crippen LogP contribution in [0.25, 0.3) is 5.69 Å². The minimum absolute atomic E-state index is 0.0494. The average molecular weight is 394 g/mol. The standard InChI is InChI=1S/C14H13F3N2O6S/c1-7-10(13(23,12(21)22)14(15,16)17)11(20)19(18-7)8-3-5-9(6-4-8)26(2,24)25/h3-6,18,23H,1-2H3,(H,21,22). The van der Waals surface area contributed by atoms with E-state index >= 15 is 0 Å². The van der Waals surface area contributed by atoms with E-state index in [1.807, 2.05) is 0 Å². The van der Waals surface area contributed by atoms with Gasteiger partial charge in [-0.05, 0) is 31.2 Å². The monoisotopic (exact) mass is 394 g/mol. The summed E-state index contributed by atoms with van der Waals surface area (Å²) in [4.78, 5) is 23.3. The number of nitrogens with zero attached hydrogens (tertiary/aromatic N) is 1. The largest absolute Gasteiger partial charge is 0.479 e. The van der Waals surface area contributed by atoms with Crippen LogP contribution in [-0.2, 0) is 20.2 Å². The summed E-state index contributed by atoms with van der Waals surface area (Å²) >= 11 is 0. The van der Waals surface area contributed by atoms with Gasteiger partial charge in [-0.1, -0.05) is 0 Å². The second kappa shape index (κ2) is 5.99. The van der Waals surface area contributed by atoms with Crippen molar-refractivity contribution in [2.45, 2.75) is 23.6 Å². The lowest BCUT2D eigenvalue weighted by atomic mass is 9.93. The zero-order valence-electron chi connectivity index (χ0n) is 13.3. The number of hydrogen-bond acceptors (Lipinski definition) is 5. The molecule has 142 valence electrons. The first kappa shape index (κ1) is 19.7. The van der Waals surface area contributed by atoms with Crippen LogP contribution in [0.15, 0.2) is 34.0 Å². The number of sulfone groups is 1. The Hall–Kier alpha value is -2.60. The summed E-state index contributed by atoms with van der Waals surface area (Å²) in [7, 11) is -3.53. The van der Waals surface area contributed by atoms with Crippen LogP contribution in [0.5, 0.6) is 0 Å². The highest BCUT2D eigenvalue weighted by atomic mass is 32.2. The number of carboxylic acid groups (broad SMARTS) is 1. The summed E-state index contributed by atoms with van der Waals surface area (Å²) in [5, 5.41) is 20.9. The van der Waals surface area contributed by atoms with Gasteiger partial charge in [0.05, 0.1) is 16.1 Å². The van der Waals surface area contributed by atoms with Crippen molar-refractivity contribution in [1.82, 2.24) is 9.78 Å². The Morgan fingerprint density at radius 3 is 2.08 bits per heavy atom. The number of benzene rings is 1. The topological polar surface area (TPSA) is 129 Å². The molecule has 0 aliphatic heterocycles. The summed E-state index contributed by atoms with van der Waals surface area (Å²) in [6, 6.07) is 4.54. The molecule has 1 unspecified atom stereocenters. The Morgan fingerprint density at radius 2 is 1.69 bits per heavy atom. The molecule has 12 heteroatoms. The van der Waals surface area contributed by atoms with E-state index in [-0.39, 0.29) is 10.6 Å². The van der Waals surface area contributed by atoms with Gasteiger partial charge in [0.1, 0.15) is 0 Å². The van der Waals surface area contributed by atoms with Crippen molar-refractivity contribution in [1.29, 1.82) is 0 Å². The van der Waals surface area contributed by atoms with Crippen LogP contribution in [0.1, 0.15) is 11.3 Å². The predicted molar refractivity (Wildman–Crippen MR) is 81.8 cm³/mol. The van der Waals surface area contributed by atoms with E-state index in [0.29, 0.717) is 4.68 Å². The molecule has 2 aromatic rings. The SMILES string of the molecule is Cc1[nH]n(-c2ccc(S(C)(=O)=O)cc2)c(=O)c1C(O)(C(=O)O)C(F)(F)F. The zero-order valence-corrected chi connectivity index (χ0v) is 14.1. The summed E-state index contributed by atoms with van der Waals surface area (Å²) in [5.74, 6) is -2.65. The van der Waals surface area contributed by atoms with Crippen molar-refractivity contribution in [2.24, 2.45) is 0 Å². The quantitative estimate of drug-likeness (QED) is 0.701. The molecule has 1 aromatic carbocycles. The predicted octanol–water partition coefficient (Wildman–Crippen LogP) is 0.712. The highest BCUT2D eigenvalue weighted by molar-refractivity contribution is 7.90. The van der Waals surface area contributed by atoms with Gasteiger partial charge in [-0.3, -0.25) is 9.89 Å². The Kier molecular flexibility index (Phi) is 4.54. The molecule has 2 rings (SSSR count). The number of aliphatic carboxylic acids is 1. The van der Waals surface area contributed by atoms with Gasteiger partial charge < -0.3 is 10.2 Å². The number of aryl methyl sites for hydroxylation is 1. The Balaban J connectivity index is 2.69. The van der Waals surface area contributed by atoms with Gasteiger partial charge in [-0.15, -0.1) is 0 Å². The lowest BCUT2D eigenvalue weighted by Crippen LogP contribution is -2.52. The highest BCUT2D eigenvalue weighted by Gasteiger charge is 2.64. The maximum absolute atomic E-state index is 13.1. The number of aliphatic hydroxyl groups is 1. The van der Waals surface area contributed by atoms with Gasteiger partial charge in [0.15, 0.2) is 9.84 Å². The van der Waals surface area contributed by atoms with E-state index in [1.165, 1.54) is 0 Å². The van der Waals surface area contributed by atoms with Gasteiger partial charge in [0, 0.05) is 11.9 Å². The van der Waals surface area contributed by atoms with Crippen molar-refractivity contribution in [3.05, 3.63) is 45.9 Å². The van der Waals surface area contributed by atoms with Crippen molar-refractivity contribution in [2.75, 3.05) is 6.26 Å². The van der Waals surface area contributed by atoms with Crippen LogP contribution < -0.4 is 5.56 Å².